The molecule has 0 radical (unpaired) electrons. The highest BCUT2D eigenvalue weighted by Gasteiger charge is 2.36. The number of carbonyl (C=O) groups is 12. The maximum Gasteiger partial charge on any atom is 0.326 e. The minimum atomic E-state index is -1.76. The minimum Gasteiger partial charge on any atom is -0.508 e. The predicted octanol–water partition coefficient (Wildman–Crippen LogP) is -2.14. The Balaban J connectivity index is 1.88. The first kappa shape index (κ1) is 68.1. The number of carboxylic acids is 3. The second-order valence-electron chi connectivity index (χ2n) is 20.2. The first-order valence-corrected chi connectivity index (χ1v) is 26.4. The molecule has 18 N–H and O–H groups in total. The Morgan fingerprint density at radius 3 is 1.30 bits per heavy atom. The molecule has 0 aliphatic heterocycles. The summed E-state index contributed by atoms with van der Waals surface area (Å²) in [5.41, 5.74) is 12.6. The molecule has 28 heteroatoms. The number of hydrogen-bond donors (Lipinski definition) is 16. The fourth-order valence-electron chi connectivity index (χ4n) is 8.10. The zero-order valence-electron chi connectivity index (χ0n) is 46.2. The van der Waals surface area contributed by atoms with Gasteiger partial charge in [-0.1, -0.05) is 68.4 Å². The average molecular weight is 1160 g/mol. The number of hydrogen-bond acceptors (Lipinski definition) is 16. The number of aliphatic hydroxyl groups is 1. The second-order valence-corrected chi connectivity index (χ2v) is 20.2. The molecule has 9 amide bonds. The van der Waals surface area contributed by atoms with E-state index < -0.39 is 164 Å². The number of amides is 9. The standard InChI is InChI=1S/C55H74N10O18/c1-28(2)24-39(62-52(79)40(26-32-10-14-34(67)15-11-32)63-50(77)38(20-23-45(72)73)59-48(75)36(56)18-22-44(70)71)51(78)60-37(19-21-43(57)69)49(76)58-29(3)47(74)61-41(25-31-8-6-5-7-9-31)53(80)65-46(30(4)66)54(81)64-42(55(82)83)27-33-12-16-35(68)17-13-33/h5-17,28-30,36-42,46,66-68H,18-27,56H2,1-4H3,(H2,57,69)(H,58,76)(H,59,75)(H,60,78)(H,61,74)(H,62,79)(H,63,77)(H,64,81)(H,65,80)(H,70,71)(H,72,73)(H,82,83)/t29-,30+,36-,37-,38-,39-,40-,41-,42-,46-/m0/s1. The number of carbonyl (C=O) groups excluding carboxylic acids is 9. The lowest BCUT2D eigenvalue weighted by atomic mass is 9.99. The van der Waals surface area contributed by atoms with Gasteiger partial charge in [0.05, 0.1) is 12.1 Å². The predicted molar refractivity (Wildman–Crippen MR) is 294 cm³/mol. The number of phenolic OH excluding ortho intramolecular Hbond substituents is 2. The molecule has 0 saturated carbocycles. The monoisotopic (exact) mass is 1160 g/mol. The molecule has 0 aliphatic rings. The minimum absolute atomic E-state index is 0.0828. The Morgan fingerprint density at radius 1 is 0.434 bits per heavy atom. The fraction of sp³-hybridized carbons (Fsp3) is 0.455. The van der Waals surface area contributed by atoms with Gasteiger partial charge in [-0.15, -0.1) is 0 Å². The molecular weight excluding hydrogens is 1090 g/mol. The molecule has 0 saturated heterocycles. The van der Waals surface area contributed by atoms with E-state index in [1.807, 2.05) is 0 Å². The summed E-state index contributed by atoms with van der Waals surface area (Å²) in [6, 6.07) is 5.11. The van der Waals surface area contributed by atoms with E-state index in [0.29, 0.717) is 16.7 Å². The molecule has 452 valence electrons. The molecular formula is C55H74N10O18. The van der Waals surface area contributed by atoms with Crippen LogP contribution in [0.25, 0.3) is 0 Å². The van der Waals surface area contributed by atoms with Crippen LogP contribution in [0.4, 0.5) is 0 Å². The molecule has 0 fully saturated rings. The van der Waals surface area contributed by atoms with Crippen LogP contribution in [-0.4, -0.2) is 162 Å². The van der Waals surface area contributed by atoms with Gasteiger partial charge in [0.2, 0.25) is 53.2 Å². The maximum atomic E-state index is 14.3. The third kappa shape index (κ3) is 24.6. The van der Waals surface area contributed by atoms with Gasteiger partial charge in [0.1, 0.15) is 59.8 Å². The van der Waals surface area contributed by atoms with Gasteiger partial charge in [0, 0.05) is 38.5 Å². The molecule has 0 bridgehead atoms. The molecule has 0 aliphatic carbocycles. The highest BCUT2D eigenvalue weighted by molar-refractivity contribution is 5.98. The lowest BCUT2D eigenvalue weighted by Gasteiger charge is -2.28. The van der Waals surface area contributed by atoms with Gasteiger partial charge in [0.15, 0.2) is 0 Å². The van der Waals surface area contributed by atoms with Crippen LogP contribution in [0, 0.1) is 5.92 Å². The summed E-state index contributed by atoms with van der Waals surface area (Å²) < 4.78 is 0. The number of aliphatic hydroxyl groups excluding tert-OH is 1. The van der Waals surface area contributed by atoms with Gasteiger partial charge < -0.3 is 84.6 Å². The van der Waals surface area contributed by atoms with E-state index in [2.05, 4.69) is 42.5 Å². The van der Waals surface area contributed by atoms with Crippen LogP contribution < -0.4 is 54.0 Å². The normalized spacial score (nSPS) is 14.6. The van der Waals surface area contributed by atoms with Gasteiger partial charge in [-0.25, -0.2) is 4.79 Å². The Hall–Kier alpha value is -9.18. The number of carboxylic acid groups (broad SMARTS) is 3. The van der Waals surface area contributed by atoms with E-state index in [4.69, 9.17) is 16.6 Å². The fourth-order valence-corrected chi connectivity index (χ4v) is 8.10. The van der Waals surface area contributed by atoms with Crippen molar-refractivity contribution in [2.24, 2.45) is 17.4 Å². The van der Waals surface area contributed by atoms with Gasteiger partial charge in [0.25, 0.3) is 0 Å². The van der Waals surface area contributed by atoms with Gasteiger partial charge in [-0.2, -0.15) is 0 Å². The Kier molecular flexibility index (Phi) is 27.5. The first-order chi connectivity index (χ1) is 39.0. The summed E-state index contributed by atoms with van der Waals surface area (Å²) in [5, 5.41) is 78.0. The summed E-state index contributed by atoms with van der Waals surface area (Å²) in [6.07, 6.45) is -5.38. The van der Waals surface area contributed by atoms with Crippen molar-refractivity contribution in [2.45, 2.75) is 152 Å². The van der Waals surface area contributed by atoms with Crippen molar-refractivity contribution in [3.05, 3.63) is 95.6 Å². The Morgan fingerprint density at radius 2 is 0.819 bits per heavy atom. The van der Waals surface area contributed by atoms with Crippen molar-refractivity contribution in [3.63, 3.8) is 0 Å². The van der Waals surface area contributed by atoms with Crippen molar-refractivity contribution >= 4 is 71.1 Å². The quantitative estimate of drug-likeness (QED) is 0.0299. The lowest BCUT2D eigenvalue weighted by Crippen LogP contribution is -2.61. The van der Waals surface area contributed by atoms with Gasteiger partial charge in [-0.05, 0) is 86.4 Å². The van der Waals surface area contributed by atoms with Crippen LogP contribution in [0.5, 0.6) is 11.5 Å². The van der Waals surface area contributed by atoms with Gasteiger partial charge >= 0.3 is 17.9 Å². The number of aliphatic carboxylic acids is 3. The molecule has 0 aromatic heterocycles. The van der Waals surface area contributed by atoms with E-state index in [1.165, 1.54) is 55.5 Å². The topological polar surface area (TPSA) is 474 Å². The Labute approximate surface area is 477 Å². The van der Waals surface area contributed by atoms with Crippen LogP contribution in [0.2, 0.25) is 0 Å². The SMILES string of the molecule is CC(C)C[C@H](NC(=O)[C@H](Cc1ccc(O)cc1)NC(=O)[C@H](CCC(=O)O)NC(=O)[C@@H](N)CCC(=O)O)C(=O)N[C@@H](CCC(N)=O)C(=O)N[C@@H](C)C(=O)N[C@@H](Cc1ccccc1)C(=O)N[C@H](C(=O)N[C@@H](Cc1ccc(O)cc1)C(=O)O)[C@@H](C)O. The molecule has 28 nitrogen and oxygen atoms in total. The van der Waals surface area contributed by atoms with Crippen molar-refractivity contribution in [2.75, 3.05) is 0 Å². The first-order valence-electron chi connectivity index (χ1n) is 26.4. The second kappa shape index (κ2) is 33.5. The van der Waals surface area contributed by atoms with E-state index in [0.717, 1.165) is 6.92 Å². The average Bonchev–Trinajstić information content (AvgIpc) is 3.46. The highest BCUT2D eigenvalue weighted by atomic mass is 16.4. The number of primary amides is 1. The number of rotatable bonds is 35. The van der Waals surface area contributed by atoms with Crippen molar-refractivity contribution in [1.29, 1.82) is 0 Å². The Bertz CT molecular complexity index is 2750. The van der Waals surface area contributed by atoms with E-state index in [-0.39, 0.29) is 49.5 Å². The number of nitrogens with two attached hydrogens (primary N) is 2. The number of phenols is 2. The summed E-state index contributed by atoms with van der Waals surface area (Å²) in [4.78, 5) is 158. The van der Waals surface area contributed by atoms with Crippen LogP contribution >= 0.6 is 0 Å². The van der Waals surface area contributed by atoms with E-state index in [1.54, 1.807) is 44.2 Å². The van der Waals surface area contributed by atoms with Crippen LogP contribution in [0.15, 0.2) is 78.9 Å². The summed E-state index contributed by atoms with van der Waals surface area (Å²) in [6.45, 7) is 5.77. The highest BCUT2D eigenvalue weighted by Crippen LogP contribution is 2.16. The smallest absolute Gasteiger partial charge is 0.326 e. The zero-order valence-corrected chi connectivity index (χ0v) is 46.2. The van der Waals surface area contributed by atoms with Crippen molar-refractivity contribution < 1.29 is 88.2 Å². The van der Waals surface area contributed by atoms with Crippen LogP contribution in [0.3, 0.4) is 0 Å². The van der Waals surface area contributed by atoms with Crippen LogP contribution in [0.1, 0.15) is 89.3 Å². The number of benzene rings is 3. The molecule has 3 rings (SSSR count). The molecule has 3 aromatic carbocycles. The molecule has 83 heavy (non-hydrogen) atoms. The summed E-state index contributed by atoms with van der Waals surface area (Å²) in [5.74, 6) is -13.7. The molecule has 3 aromatic rings. The van der Waals surface area contributed by atoms with Crippen molar-refractivity contribution in [3.8, 4) is 11.5 Å². The molecule has 0 spiro atoms. The zero-order chi connectivity index (χ0) is 62.1. The van der Waals surface area contributed by atoms with Crippen LogP contribution in [-0.2, 0) is 76.8 Å². The van der Waals surface area contributed by atoms with E-state index in [9.17, 15) is 83.1 Å². The lowest BCUT2D eigenvalue weighted by molar-refractivity contribution is -0.143. The summed E-state index contributed by atoms with van der Waals surface area (Å²) >= 11 is 0. The third-order valence-electron chi connectivity index (χ3n) is 12.7. The van der Waals surface area contributed by atoms with E-state index >= 15 is 0 Å². The summed E-state index contributed by atoms with van der Waals surface area (Å²) in [7, 11) is 0. The largest absolute Gasteiger partial charge is 0.508 e. The van der Waals surface area contributed by atoms with Crippen molar-refractivity contribution in [1.82, 2.24) is 42.5 Å². The molecule has 10 atom stereocenters. The number of nitrogens with one attached hydrogen (secondary N) is 8. The molecule has 0 heterocycles. The molecule has 0 unspecified atom stereocenters. The van der Waals surface area contributed by atoms with Gasteiger partial charge in [-0.3, -0.25) is 52.7 Å². The maximum absolute atomic E-state index is 14.3. The number of aromatic hydroxyl groups is 2. The third-order valence-corrected chi connectivity index (χ3v) is 12.7.